The molecule has 0 aliphatic carbocycles. The number of amides is 1. The van der Waals surface area contributed by atoms with Crippen LogP contribution in [0, 0.1) is 0 Å². The zero-order valence-corrected chi connectivity index (χ0v) is 13.8. The molecule has 0 spiro atoms. The molecule has 2 rings (SSSR count). The van der Waals surface area contributed by atoms with Crippen molar-refractivity contribution in [2.75, 3.05) is 18.8 Å². The molecule has 0 unspecified atom stereocenters. The van der Waals surface area contributed by atoms with Gasteiger partial charge in [0.15, 0.2) is 0 Å². The van der Waals surface area contributed by atoms with Crippen LogP contribution in [0.4, 0.5) is 0 Å². The maximum atomic E-state index is 12.6. The molecule has 21 heavy (non-hydrogen) atoms. The van der Waals surface area contributed by atoms with Crippen molar-refractivity contribution in [3.8, 4) is 0 Å². The van der Waals surface area contributed by atoms with Crippen molar-refractivity contribution in [2.24, 2.45) is 0 Å². The second-order valence-electron chi connectivity index (χ2n) is 5.53. The van der Waals surface area contributed by atoms with E-state index in [4.69, 9.17) is 5.11 Å². The predicted octanol–water partition coefficient (Wildman–Crippen LogP) is 3.20. The van der Waals surface area contributed by atoms with Crippen LogP contribution in [0.5, 0.6) is 0 Å². The SMILES string of the molecule is CC1(C)CCN(C(=O)c2sccc2/C=C/C(=O)O)CCS1. The minimum atomic E-state index is -1.01. The summed E-state index contributed by atoms with van der Waals surface area (Å²) in [6.45, 7) is 5.90. The lowest BCUT2D eigenvalue weighted by molar-refractivity contribution is -0.131. The summed E-state index contributed by atoms with van der Waals surface area (Å²) < 4.78 is 0.205. The van der Waals surface area contributed by atoms with Crippen molar-refractivity contribution in [3.63, 3.8) is 0 Å². The molecule has 0 saturated carbocycles. The van der Waals surface area contributed by atoms with Gasteiger partial charge in [0.2, 0.25) is 0 Å². The molecular weight excluding hydrogens is 306 g/mol. The number of thiophene rings is 1. The van der Waals surface area contributed by atoms with E-state index < -0.39 is 5.97 Å². The number of aliphatic carboxylic acids is 1. The molecule has 0 radical (unpaired) electrons. The average molecular weight is 325 g/mol. The van der Waals surface area contributed by atoms with Gasteiger partial charge in [-0.1, -0.05) is 13.8 Å². The lowest BCUT2D eigenvalue weighted by Gasteiger charge is -2.22. The summed E-state index contributed by atoms with van der Waals surface area (Å²) in [5.74, 6) is -0.0643. The van der Waals surface area contributed by atoms with Gasteiger partial charge >= 0.3 is 5.97 Å². The lowest BCUT2D eigenvalue weighted by atomic mass is 10.1. The quantitative estimate of drug-likeness (QED) is 0.867. The number of carboxylic acid groups (broad SMARTS) is 1. The van der Waals surface area contributed by atoms with Crippen LogP contribution in [0.15, 0.2) is 17.5 Å². The van der Waals surface area contributed by atoms with Crippen LogP contribution in [0.2, 0.25) is 0 Å². The normalized spacial score (nSPS) is 18.7. The van der Waals surface area contributed by atoms with E-state index in [9.17, 15) is 9.59 Å². The fraction of sp³-hybridized carbons (Fsp3) is 0.467. The molecule has 1 aromatic rings. The highest BCUT2D eigenvalue weighted by atomic mass is 32.2. The summed E-state index contributed by atoms with van der Waals surface area (Å²) in [5, 5.41) is 10.5. The summed E-state index contributed by atoms with van der Waals surface area (Å²) in [6, 6.07) is 1.79. The van der Waals surface area contributed by atoms with Crippen molar-refractivity contribution >= 4 is 41.1 Å². The van der Waals surface area contributed by atoms with Gasteiger partial charge in [-0.15, -0.1) is 11.3 Å². The van der Waals surface area contributed by atoms with Gasteiger partial charge in [0, 0.05) is 29.7 Å². The van der Waals surface area contributed by atoms with E-state index in [1.54, 1.807) is 6.07 Å². The van der Waals surface area contributed by atoms with E-state index >= 15 is 0 Å². The Kier molecular flexibility index (Phi) is 5.11. The molecular formula is C15H19NO3S2. The van der Waals surface area contributed by atoms with Crippen LogP contribution in [-0.4, -0.2) is 45.5 Å². The fourth-order valence-electron chi connectivity index (χ4n) is 2.15. The molecule has 1 N–H and O–H groups in total. The summed E-state index contributed by atoms with van der Waals surface area (Å²) in [4.78, 5) is 25.8. The monoisotopic (exact) mass is 325 g/mol. The van der Waals surface area contributed by atoms with E-state index in [1.807, 2.05) is 22.0 Å². The Bertz CT molecular complexity index is 563. The van der Waals surface area contributed by atoms with E-state index in [0.717, 1.165) is 31.3 Å². The van der Waals surface area contributed by atoms with Crippen LogP contribution in [0.3, 0.4) is 0 Å². The molecule has 1 amide bonds. The summed E-state index contributed by atoms with van der Waals surface area (Å²) in [5.41, 5.74) is 0.684. The molecule has 1 saturated heterocycles. The Morgan fingerprint density at radius 1 is 1.38 bits per heavy atom. The number of hydrogen-bond acceptors (Lipinski definition) is 4. The molecule has 1 aromatic heterocycles. The number of thioether (sulfide) groups is 1. The third-order valence-corrected chi connectivity index (χ3v) is 5.71. The Balaban J connectivity index is 2.13. The Labute approximate surface area is 132 Å². The Morgan fingerprint density at radius 3 is 2.86 bits per heavy atom. The largest absolute Gasteiger partial charge is 0.478 e. The molecule has 4 nitrogen and oxygen atoms in total. The first-order valence-electron chi connectivity index (χ1n) is 6.81. The molecule has 0 bridgehead atoms. The van der Waals surface area contributed by atoms with E-state index in [1.165, 1.54) is 17.4 Å². The summed E-state index contributed by atoms with van der Waals surface area (Å²) in [7, 11) is 0. The lowest BCUT2D eigenvalue weighted by Crippen LogP contribution is -2.33. The van der Waals surface area contributed by atoms with Gasteiger partial charge in [0.25, 0.3) is 5.91 Å². The number of carbonyl (C=O) groups is 2. The molecule has 0 aromatic carbocycles. The van der Waals surface area contributed by atoms with Gasteiger partial charge in [-0.05, 0) is 29.5 Å². The van der Waals surface area contributed by atoms with Crippen molar-refractivity contribution in [3.05, 3.63) is 28.0 Å². The minimum Gasteiger partial charge on any atom is -0.478 e. The fourth-order valence-corrected chi connectivity index (χ4v) is 4.10. The molecule has 0 atom stereocenters. The highest BCUT2D eigenvalue weighted by Crippen LogP contribution is 2.31. The van der Waals surface area contributed by atoms with Gasteiger partial charge in [-0.3, -0.25) is 4.79 Å². The van der Waals surface area contributed by atoms with Crippen molar-refractivity contribution in [1.29, 1.82) is 0 Å². The first kappa shape index (κ1) is 16.1. The zero-order chi connectivity index (χ0) is 15.5. The smallest absolute Gasteiger partial charge is 0.328 e. The van der Waals surface area contributed by atoms with Gasteiger partial charge in [0.05, 0.1) is 4.88 Å². The summed E-state index contributed by atoms with van der Waals surface area (Å²) in [6.07, 6.45) is 3.53. The van der Waals surface area contributed by atoms with Gasteiger partial charge in [0.1, 0.15) is 0 Å². The number of carboxylic acids is 1. The van der Waals surface area contributed by atoms with Crippen molar-refractivity contribution in [2.45, 2.75) is 25.0 Å². The van der Waals surface area contributed by atoms with Crippen LogP contribution < -0.4 is 0 Å². The number of rotatable bonds is 3. The predicted molar refractivity (Wildman–Crippen MR) is 88.0 cm³/mol. The third-order valence-electron chi connectivity index (χ3n) is 3.42. The number of nitrogens with zero attached hydrogens (tertiary/aromatic N) is 1. The van der Waals surface area contributed by atoms with Crippen LogP contribution in [0.25, 0.3) is 6.08 Å². The second kappa shape index (κ2) is 6.66. The highest BCUT2D eigenvalue weighted by Gasteiger charge is 2.27. The van der Waals surface area contributed by atoms with E-state index in [-0.39, 0.29) is 10.7 Å². The zero-order valence-electron chi connectivity index (χ0n) is 12.2. The Morgan fingerprint density at radius 2 is 2.14 bits per heavy atom. The highest BCUT2D eigenvalue weighted by molar-refractivity contribution is 8.00. The minimum absolute atomic E-state index is 0.00772. The van der Waals surface area contributed by atoms with Gasteiger partial charge < -0.3 is 10.0 Å². The first-order chi connectivity index (χ1) is 9.89. The average Bonchev–Trinajstić information content (AvgIpc) is 2.80. The molecule has 1 aliphatic rings. The molecule has 114 valence electrons. The molecule has 1 aliphatic heterocycles. The van der Waals surface area contributed by atoms with Crippen molar-refractivity contribution in [1.82, 2.24) is 4.90 Å². The first-order valence-corrected chi connectivity index (χ1v) is 8.67. The molecule has 1 fully saturated rings. The topological polar surface area (TPSA) is 57.6 Å². The third kappa shape index (κ3) is 4.35. The van der Waals surface area contributed by atoms with Gasteiger partial charge in [-0.25, -0.2) is 4.79 Å². The second-order valence-corrected chi connectivity index (χ2v) is 8.25. The van der Waals surface area contributed by atoms with E-state index in [2.05, 4.69) is 13.8 Å². The molecule has 2 heterocycles. The maximum absolute atomic E-state index is 12.6. The number of carbonyl (C=O) groups excluding carboxylic acids is 1. The standard InChI is InChI=1S/C15H19NO3S2/c1-15(2)6-7-16(8-10-21-15)14(19)13-11(5-9-20-13)3-4-12(17)18/h3-5,9H,6-8,10H2,1-2H3,(H,17,18)/b4-3+. The van der Waals surface area contributed by atoms with E-state index in [0.29, 0.717) is 10.4 Å². The number of hydrogen-bond donors (Lipinski definition) is 1. The summed E-state index contributed by atoms with van der Waals surface area (Å²) >= 11 is 3.26. The maximum Gasteiger partial charge on any atom is 0.328 e. The Hall–Kier alpha value is -1.27. The van der Waals surface area contributed by atoms with Crippen LogP contribution >= 0.6 is 23.1 Å². The van der Waals surface area contributed by atoms with Crippen LogP contribution in [-0.2, 0) is 4.79 Å². The van der Waals surface area contributed by atoms with Crippen molar-refractivity contribution < 1.29 is 14.7 Å². The molecule has 6 heteroatoms. The van der Waals surface area contributed by atoms with Gasteiger partial charge in [-0.2, -0.15) is 11.8 Å². The van der Waals surface area contributed by atoms with Crippen LogP contribution in [0.1, 0.15) is 35.5 Å².